The van der Waals surface area contributed by atoms with Gasteiger partial charge in [0, 0.05) is 31.1 Å². The molecule has 10 heteroatoms. The van der Waals surface area contributed by atoms with Crippen molar-refractivity contribution in [1.29, 1.82) is 0 Å². The van der Waals surface area contributed by atoms with E-state index >= 15 is 0 Å². The number of amides is 2. The van der Waals surface area contributed by atoms with E-state index < -0.39 is 52.1 Å². The molecule has 3 rings (SSSR count). The molecule has 0 aliphatic heterocycles. The Balaban J connectivity index is 1.93. The van der Waals surface area contributed by atoms with Gasteiger partial charge in [-0.1, -0.05) is 6.07 Å². The van der Waals surface area contributed by atoms with E-state index in [1.54, 1.807) is 6.92 Å². The molecule has 2 aromatic carbocycles. The molecular weight excluding hydrogens is 397 g/mol. The number of pyridine rings is 1. The summed E-state index contributed by atoms with van der Waals surface area (Å²) in [5, 5.41) is 1.82. The number of aromatic nitrogens is 1. The number of urea groups is 1. The topological polar surface area (TPSA) is 65.2 Å². The van der Waals surface area contributed by atoms with Gasteiger partial charge in [0.25, 0.3) is 5.56 Å². The number of carbonyl (C=O) groups is 1. The first-order valence-electron chi connectivity index (χ1n) is 8.29. The predicted octanol–water partition coefficient (Wildman–Crippen LogP) is 4.45. The van der Waals surface area contributed by atoms with Gasteiger partial charge in [0.2, 0.25) is 0 Å². The van der Waals surface area contributed by atoms with Crippen LogP contribution in [-0.4, -0.2) is 23.0 Å². The van der Waals surface area contributed by atoms with Gasteiger partial charge in [0.1, 0.15) is 0 Å². The van der Waals surface area contributed by atoms with Gasteiger partial charge in [-0.25, -0.2) is 26.7 Å². The van der Waals surface area contributed by atoms with Crippen molar-refractivity contribution in [3.63, 3.8) is 0 Å². The number of nitrogens with one attached hydrogen (secondary N) is 2. The lowest BCUT2D eigenvalue weighted by molar-refractivity contribution is 0.208. The molecule has 5 nitrogen and oxygen atoms in total. The van der Waals surface area contributed by atoms with Crippen LogP contribution in [0.3, 0.4) is 0 Å². The van der Waals surface area contributed by atoms with Crippen LogP contribution in [0.25, 0.3) is 10.8 Å². The molecule has 152 valence electrons. The maximum atomic E-state index is 14.1. The number of anilines is 1. The average molecular weight is 411 g/mol. The number of aromatic amines is 1. The zero-order chi connectivity index (χ0) is 21.5. The summed E-state index contributed by atoms with van der Waals surface area (Å²) in [6.07, 6.45) is 1.26. The number of benzene rings is 2. The van der Waals surface area contributed by atoms with Crippen molar-refractivity contribution in [3.05, 3.63) is 75.5 Å². The second-order valence-electron chi connectivity index (χ2n) is 6.33. The number of nitrogens with zero attached hydrogens (tertiary/aromatic N) is 1. The van der Waals surface area contributed by atoms with Crippen molar-refractivity contribution in [2.45, 2.75) is 13.0 Å². The van der Waals surface area contributed by atoms with Gasteiger partial charge >= 0.3 is 6.03 Å². The Labute approximate surface area is 160 Å². The summed E-state index contributed by atoms with van der Waals surface area (Å²) in [6, 6.07) is 1.72. The quantitative estimate of drug-likeness (QED) is 0.494. The van der Waals surface area contributed by atoms with Crippen LogP contribution in [0.2, 0.25) is 0 Å². The highest BCUT2D eigenvalue weighted by Crippen LogP contribution is 2.28. The Bertz CT molecular complexity index is 1160. The number of halogens is 5. The van der Waals surface area contributed by atoms with Crippen molar-refractivity contribution >= 4 is 22.5 Å². The van der Waals surface area contributed by atoms with Gasteiger partial charge in [-0.05, 0) is 23.9 Å². The first-order valence-corrected chi connectivity index (χ1v) is 8.29. The van der Waals surface area contributed by atoms with Crippen LogP contribution in [0.1, 0.15) is 18.5 Å². The Morgan fingerprint density at radius 1 is 1.03 bits per heavy atom. The van der Waals surface area contributed by atoms with Crippen LogP contribution in [0.4, 0.5) is 32.4 Å². The third kappa shape index (κ3) is 3.65. The van der Waals surface area contributed by atoms with Gasteiger partial charge in [-0.2, -0.15) is 0 Å². The molecule has 0 fully saturated rings. The summed E-state index contributed by atoms with van der Waals surface area (Å²) in [4.78, 5) is 27.7. The molecule has 0 saturated heterocycles. The van der Waals surface area contributed by atoms with Crippen molar-refractivity contribution in [3.8, 4) is 0 Å². The summed E-state index contributed by atoms with van der Waals surface area (Å²) in [6.45, 7) is 1.54. The van der Waals surface area contributed by atoms with Crippen molar-refractivity contribution in [1.82, 2.24) is 9.88 Å². The molecule has 0 radical (unpaired) electrons. The minimum Gasteiger partial charge on any atom is -0.328 e. The van der Waals surface area contributed by atoms with Crippen LogP contribution < -0.4 is 10.9 Å². The highest BCUT2D eigenvalue weighted by atomic mass is 19.2. The fraction of sp³-hybridized carbons (Fsp3) is 0.158. The SMILES string of the molecule is CC(c1c[nH]c(=O)c2c(F)c(F)ccc12)N(C)C(=O)Nc1cc(F)c(F)c(F)c1. The minimum absolute atomic E-state index is 0.0960. The molecule has 29 heavy (non-hydrogen) atoms. The maximum Gasteiger partial charge on any atom is 0.322 e. The number of hydrogen-bond donors (Lipinski definition) is 2. The molecule has 0 aliphatic carbocycles. The molecule has 2 N–H and O–H groups in total. The number of fused-ring (bicyclic) bond motifs is 1. The zero-order valence-corrected chi connectivity index (χ0v) is 15.1. The number of carbonyl (C=O) groups excluding carboxylic acids is 1. The van der Waals surface area contributed by atoms with Crippen LogP contribution in [0, 0.1) is 29.1 Å². The second kappa shape index (κ2) is 7.53. The van der Waals surface area contributed by atoms with E-state index in [1.165, 1.54) is 19.3 Å². The van der Waals surface area contributed by atoms with E-state index in [0.717, 1.165) is 11.0 Å². The lowest BCUT2D eigenvalue weighted by Gasteiger charge is -2.26. The third-order valence-electron chi connectivity index (χ3n) is 4.58. The van der Waals surface area contributed by atoms with E-state index in [0.29, 0.717) is 17.7 Å². The molecule has 2 amide bonds. The highest BCUT2D eigenvalue weighted by Gasteiger charge is 2.23. The highest BCUT2D eigenvalue weighted by molar-refractivity contribution is 5.90. The zero-order valence-electron chi connectivity index (χ0n) is 15.1. The molecule has 1 unspecified atom stereocenters. The largest absolute Gasteiger partial charge is 0.328 e. The summed E-state index contributed by atoms with van der Waals surface area (Å²) in [5.74, 6) is -7.12. The van der Waals surface area contributed by atoms with Gasteiger partial charge in [-0.3, -0.25) is 4.79 Å². The first-order chi connectivity index (χ1) is 13.6. The Morgan fingerprint density at radius 2 is 1.66 bits per heavy atom. The second-order valence-corrected chi connectivity index (χ2v) is 6.33. The number of H-pyrrole nitrogens is 1. The standard InChI is InChI=1S/C19H14F5N3O2/c1-8(11-7-25-18(28)15-10(11)3-4-12(20)17(15)24)27(2)19(29)26-9-5-13(21)16(23)14(22)6-9/h3-8H,1-2H3,(H,25,28)(H,26,29). The summed E-state index contributed by atoms with van der Waals surface area (Å²) < 4.78 is 67.2. The molecule has 0 bridgehead atoms. The van der Waals surface area contributed by atoms with Crippen LogP contribution in [0.15, 0.2) is 35.3 Å². The molecule has 3 aromatic rings. The number of hydrogen-bond acceptors (Lipinski definition) is 2. The van der Waals surface area contributed by atoms with E-state index in [4.69, 9.17) is 0 Å². The van der Waals surface area contributed by atoms with Crippen molar-refractivity contribution in [2.24, 2.45) is 0 Å². The third-order valence-corrected chi connectivity index (χ3v) is 4.58. The van der Waals surface area contributed by atoms with Gasteiger partial charge in [0.15, 0.2) is 29.1 Å². The Morgan fingerprint density at radius 3 is 2.28 bits per heavy atom. The van der Waals surface area contributed by atoms with Crippen LogP contribution >= 0.6 is 0 Å². The molecular formula is C19H14F5N3O2. The minimum atomic E-state index is -1.67. The lowest BCUT2D eigenvalue weighted by atomic mass is 10.0. The summed E-state index contributed by atoms with van der Waals surface area (Å²) in [5.41, 5.74) is -0.852. The number of rotatable bonds is 3. The Hall–Kier alpha value is -3.43. The molecule has 1 heterocycles. The predicted molar refractivity (Wildman–Crippen MR) is 96.0 cm³/mol. The average Bonchev–Trinajstić information content (AvgIpc) is 2.67. The molecule has 0 spiro atoms. The first kappa shape index (κ1) is 20.3. The smallest absolute Gasteiger partial charge is 0.322 e. The van der Waals surface area contributed by atoms with Crippen LogP contribution in [0.5, 0.6) is 0 Å². The van der Waals surface area contributed by atoms with Crippen LogP contribution in [-0.2, 0) is 0 Å². The maximum absolute atomic E-state index is 14.1. The van der Waals surface area contributed by atoms with Crippen molar-refractivity contribution < 1.29 is 26.7 Å². The van der Waals surface area contributed by atoms with Gasteiger partial charge in [-0.15, -0.1) is 0 Å². The van der Waals surface area contributed by atoms with Crippen molar-refractivity contribution in [2.75, 3.05) is 12.4 Å². The van der Waals surface area contributed by atoms with Gasteiger partial charge in [0.05, 0.1) is 11.4 Å². The molecule has 1 aromatic heterocycles. The van der Waals surface area contributed by atoms with E-state index in [-0.39, 0.29) is 11.1 Å². The van der Waals surface area contributed by atoms with E-state index in [1.807, 2.05) is 0 Å². The Kier molecular flexibility index (Phi) is 5.27. The fourth-order valence-electron chi connectivity index (χ4n) is 2.88. The van der Waals surface area contributed by atoms with Gasteiger partial charge < -0.3 is 15.2 Å². The molecule has 1 atom stereocenters. The van der Waals surface area contributed by atoms with E-state index in [2.05, 4.69) is 10.3 Å². The van der Waals surface area contributed by atoms with E-state index in [9.17, 15) is 31.5 Å². The molecule has 0 aliphatic rings. The summed E-state index contributed by atoms with van der Waals surface area (Å²) in [7, 11) is 1.34. The normalized spacial score (nSPS) is 12.1. The monoisotopic (exact) mass is 411 g/mol. The fourth-order valence-corrected chi connectivity index (χ4v) is 2.88. The molecule has 0 saturated carbocycles. The summed E-state index contributed by atoms with van der Waals surface area (Å²) >= 11 is 0. The lowest BCUT2D eigenvalue weighted by Crippen LogP contribution is -2.34.